The maximum Gasteiger partial charge on any atom is 0.270 e. The van der Waals surface area contributed by atoms with Crippen molar-refractivity contribution in [3.05, 3.63) is 87.2 Å². The second kappa shape index (κ2) is 8.45. The van der Waals surface area contributed by atoms with Crippen LogP contribution < -0.4 is 10.2 Å². The third kappa shape index (κ3) is 4.14. The van der Waals surface area contributed by atoms with Gasteiger partial charge in [-0.25, -0.2) is 0 Å². The van der Waals surface area contributed by atoms with Gasteiger partial charge in [-0.3, -0.25) is 19.8 Å². The van der Waals surface area contributed by atoms with Crippen molar-refractivity contribution in [1.29, 1.82) is 0 Å². The van der Waals surface area contributed by atoms with E-state index in [1.54, 1.807) is 6.08 Å². The van der Waals surface area contributed by atoms with Crippen LogP contribution >= 0.6 is 12.2 Å². The first kappa shape index (κ1) is 22.7. The van der Waals surface area contributed by atoms with Crippen molar-refractivity contribution in [1.82, 2.24) is 9.88 Å². The van der Waals surface area contributed by atoms with Gasteiger partial charge in [0.05, 0.1) is 5.69 Å². The topological polar surface area (TPSA) is 54.3 Å². The molecule has 2 aromatic carbocycles. The van der Waals surface area contributed by atoms with Crippen LogP contribution in [0.4, 0.5) is 5.69 Å². The van der Waals surface area contributed by atoms with E-state index in [0.29, 0.717) is 5.69 Å². The maximum absolute atomic E-state index is 13.5. The second-order valence-electron chi connectivity index (χ2n) is 8.76. The minimum Gasteiger partial charge on any atom is -0.318 e. The summed E-state index contributed by atoms with van der Waals surface area (Å²) in [6, 6.07) is 14.2. The highest BCUT2D eigenvalue weighted by Crippen LogP contribution is 2.28. The first-order chi connectivity index (χ1) is 15.6. The number of benzene rings is 2. The van der Waals surface area contributed by atoms with Gasteiger partial charge in [0.25, 0.3) is 11.8 Å². The minimum absolute atomic E-state index is 0.0604. The van der Waals surface area contributed by atoms with Gasteiger partial charge >= 0.3 is 0 Å². The number of nitrogens with one attached hydrogen (secondary N) is 1. The van der Waals surface area contributed by atoms with Gasteiger partial charge in [0.1, 0.15) is 5.57 Å². The zero-order chi connectivity index (χ0) is 24.0. The summed E-state index contributed by atoms with van der Waals surface area (Å²) in [5.41, 5.74) is 8.86. The summed E-state index contributed by atoms with van der Waals surface area (Å²) < 4.78 is 2.14. The Kier molecular flexibility index (Phi) is 5.80. The van der Waals surface area contributed by atoms with Crippen LogP contribution in [0.2, 0.25) is 0 Å². The molecular weight excluding hydrogens is 430 g/mol. The van der Waals surface area contributed by atoms with Crippen LogP contribution in [0.25, 0.3) is 11.8 Å². The highest BCUT2D eigenvalue weighted by atomic mass is 32.1. The number of hydrogen-bond donors (Lipinski definition) is 1. The maximum atomic E-state index is 13.5. The first-order valence-corrected chi connectivity index (χ1v) is 11.2. The summed E-state index contributed by atoms with van der Waals surface area (Å²) in [4.78, 5) is 27.7. The molecule has 168 valence electrons. The van der Waals surface area contributed by atoms with E-state index in [0.717, 1.165) is 33.8 Å². The van der Waals surface area contributed by atoms with Crippen molar-refractivity contribution in [2.45, 2.75) is 41.5 Å². The van der Waals surface area contributed by atoms with E-state index in [-0.39, 0.29) is 10.7 Å². The standard InChI is InChI=1S/C27H27N3O2S/c1-15-7-8-18(4)24(12-15)30-26(32)23(25(31)28-27(30)33)14-21-13-19(5)29(20(21)6)22-10-16(2)9-17(3)11-22/h7-14H,1-6H3,(H,28,31,33)/b23-14+. The molecule has 2 heterocycles. The van der Waals surface area contributed by atoms with Crippen LogP contribution in [0, 0.1) is 41.5 Å². The van der Waals surface area contributed by atoms with Gasteiger partial charge in [0.2, 0.25) is 0 Å². The smallest absolute Gasteiger partial charge is 0.270 e. The molecule has 1 N–H and O–H groups in total. The van der Waals surface area contributed by atoms with Gasteiger partial charge in [0.15, 0.2) is 5.11 Å². The van der Waals surface area contributed by atoms with Gasteiger partial charge < -0.3 is 4.57 Å². The van der Waals surface area contributed by atoms with Crippen LogP contribution in [-0.2, 0) is 9.59 Å². The molecule has 0 bridgehead atoms. The fourth-order valence-corrected chi connectivity index (χ4v) is 4.68. The summed E-state index contributed by atoms with van der Waals surface area (Å²) in [6.07, 6.45) is 1.67. The molecule has 0 radical (unpaired) electrons. The molecule has 1 aromatic heterocycles. The largest absolute Gasteiger partial charge is 0.318 e. The Hall–Kier alpha value is -3.51. The molecule has 0 aliphatic carbocycles. The third-order valence-corrected chi connectivity index (χ3v) is 6.23. The average Bonchev–Trinajstić information content (AvgIpc) is 3.00. The van der Waals surface area contributed by atoms with Crippen molar-refractivity contribution < 1.29 is 9.59 Å². The van der Waals surface area contributed by atoms with Crippen LogP contribution in [0.5, 0.6) is 0 Å². The molecule has 3 aromatic rings. The van der Waals surface area contributed by atoms with Gasteiger partial charge in [-0.05, 0) is 112 Å². The monoisotopic (exact) mass is 457 g/mol. The Bertz CT molecular complexity index is 1340. The number of carbonyl (C=O) groups is 2. The van der Waals surface area contributed by atoms with Crippen molar-refractivity contribution in [3.63, 3.8) is 0 Å². The van der Waals surface area contributed by atoms with Crippen molar-refractivity contribution in [3.8, 4) is 5.69 Å². The summed E-state index contributed by atoms with van der Waals surface area (Å²) in [5.74, 6) is -0.906. The molecular formula is C27H27N3O2S. The average molecular weight is 458 g/mol. The predicted octanol–water partition coefficient (Wildman–Crippen LogP) is 5.16. The zero-order valence-corrected chi connectivity index (χ0v) is 20.6. The summed E-state index contributed by atoms with van der Waals surface area (Å²) in [5, 5.41) is 2.78. The Morgan fingerprint density at radius 2 is 1.52 bits per heavy atom. The lowest BCUT2D eigenvalue weighted by molar-refractivity contribution is -0.122. The van der Waals surface area contributed by atoms with E-state index in [1.165, 1.54) is 16.0 Å². The van der Waals surface area contributed by atoms with Gasteiger partial charge in [-0.1, -0.05) is 18.2 Å². The van der Waals surface area contributed by atoms with E-state index < -0.39 is 11.8 Å². The quantitative estimate of drug-likeness (QED) is 0.336. The molecule has 4 rings (SSSR count). The Morgan fingerprint density at radius 1 is 0.848 bits per heavy atom. The van der Waals surface area contributed by atoms with Gasteiger partial charge in [-0.2, -0.15) is 0 Å². The van der Waals surface area contributed by atoms with E-state index >= 15 is 0 Å². The minimum atomic E-state index is -0.484. The molecule has 6 heteroatoms. The molecule has 1 aliphatic heterocycles. The lowest BCUT2D eigenvalue weighted by atomic mass is 10.0. The number of thiocarbonyl (C=S) groups is 1. The number of aromatic nitrogens is 1. The van der Waals surface area contributed by atoms with Crippen LogP contribution in [-0.4, -0.2) is 21.5 Å². The molecule has 2 amide bonds. The van der Waals surface area contributed by atoms with Crippen molar-refractivity contribution in [2.24, 2.45) is 0 Å². The third-order valence-electron chi connectivity index (χ3n) is 5.94. The lowest BCUT2D eigenvalue weighted by Crippen LogP contribution is -2.54. The van der Waals surface area contributed by atoms with Crippen LogP contribution in [0.1, 0.15) is 39.2 Å². The SMILES string of the molecule is Cc1cc(C)cc(-n2c(C)cc(/C=C3\C(=O)NC(=S)N(c4cc(C)ccc4C)C3=O)c2C)c1. The number of rotatable bonds is 3. The van der Waals surface area contributed by atoms with E-state index in [4.69, 9.17) is 12.2 Å². The molecule has 1 fully saturated rings. The van der Waals surface area contributed by atoms with E-state index in [9.17, 15) is 9.59 Å². The first-order valence-electron chi connectivity index (χ1n) is 10.8. The Morgan fingerprint density at radius 3 is 2.18 bits per heavy atom. The number of aryl methyl sites for hydroxylation is 5. The fraction of sp³-hybridized carbons (Fsp3) is 0.222. The van der Waals surface area contributed by atoms with Crippen molar-refractivity contribution in [2.75, 3.05) is 4.90 Å². The number of hydrogen-bond acceptors (Lipinski definition) is 3. The number of carbonyl (C=O) groups excluding carboxylic acids is 2. The molecule has 1 aliphatic rings. The Labute approximate surface area is 199 Å². The number of anilines is 1. The summed E-state index contributed by atoms with van der Waals surface area (Å²) in [7, 11) is 0. The fourth-order valence-electron chi connectivity index (χ4n) is 4.40. The molecule has 0 atom stereocenters. The van der Waals surface area contributed by atoms with Gasteiger partial charge in [0, 0.05) is 17.1 Å². The molecule has 33 heavy (non-hydrogen) atoms. The van der Waals surface area contributed by atoms with E-state index in [2.05, 4.69) is 41.9 Å². The summed E-state index contributed by atoms with van der Waals surface area (Å²) >= 11 is 5.36. The predicted molar refractivity (Wildman–Crippen MR) is 137 cm³/mol. The molecule has 0 spiro atoms. The molecule has 0 unspecified atom stereocenters. The zero-order valence-electron chi connectivity index (χ0n) is 19.7. The highest BCUT2D eigenvalue weighted by molar-refractivity contribution is 7.80. The van der Waals surface area contributed by atoms with Crippen LogP contribution in [0.15, 0.2) is 48.0 Å². The second-order valence-corrected chi connectivity index (χ2v) is 9.14. The molecule has 0 saturated carbocycles. The van der Waals surface area contributed by atoms with Gasteiger partial charge in [-0.15, -0.1) is 0 Å². The number of nitrogens with zero attached hydrogens (tertiary/aromatic N) is 2. The van der Waals surface area contributed by atoms with Crippen LogP contribution in [0.3, 0.4) is 0 Å². The highest BCUT2D eigenvalue weighted by Gasteiger charge is 2.35. The van der Waals surface area contributed by atoms with Crippen molar-refractivity contribution >= 4 is 40.9 Å². The lowest BCUT2D eigenvalue weighted by Gasteiger charge is -2.30. The van der Waals surface area contributed by atoms with E-state index in [1.807, 2.05) is 52.0 Å². The summed E-state index contributed by atoms with van der Waals surface area (Å²) in [6.45, 7) is 12.0. The normalized spacial score (nSPS) is 15.4. The number of amides is 2. The molecule has 1 saturated heterocycles. The Balaban J connectivity index is 1.80. The molecule has 5 nitrogen and oxygen atoms in total.